The van der Waals surface area contributed by atoms with E-state index in [9.17, 15) is 4.79 Å². The first-order valence-electron chi connectivity index (χ1n) is 8.32. The Morgan fingerprint density at radius 2 is 2.20 bits per heavy atom. The number of nitrogens with zero attached hydrogens (tertiary/aromatic N) is 2. The van der Waals surface area contributed by atoms with Crippen molar-refractivity contribution in [2.75, 3.05) is 19.5 Å². The summed E-state index contributed by atoms with van der Waals surface area (Å²) in [5, 5.41) is 1.21. The van der Waals surface area contributed by atoms with Gasteiger partial charge in [-0.25, -0.2) is 4.98 Å². The Balaban J connectivity index is 1.77. The molecule has 1 aromatic carbocycles. The van der Waals surface area contributed by atoms with Crippen LogP contribution in [-0.4, -0.2) is 34.3 Å². The number of aromatic nitrogens is 2. The van der Waals surface area contributed by atoms with Crippen LogP contribution in [-0.2, 0) is 17.7 Å². The number of thioether (sulfide) groups is 2. The Hall–Kier alpha value is -1.50. The summed E-state index contributed by atoms with van der Waals surface area (Å²) in [6, 6.07) is 10.2. The maximum Gasteiger partial charge on any atom is 0.268 e. The Morgan fingerprint density at radius 3 is 2.96 bits per heavy atom. The van der Waals surface area contributed by atoms with Crippen LogP contribution >= 0.6 is 23.5 Å². The number of ether oxygens (including phenoxy) is 1. The molecule has 0 saturated heterocycles. The Morgan fingerprint density at radius 1 is 1.40 bits per heavy atom. The normalized spacial score (nSPS) is 16.5. The van der Waals surface area contributed by atoms with Crippen LogP contribution in [0.1, 0.15) is 18.2 Å². The molecule has 0 fully saturated rings. The Kier molecular flexibility index (Phi) is 6.39. The van der Waals surface area contributed by atoms with E-state index >= 15 is 0 Å². The SMILES string of the molecule is COCCn1c(SCC=Cc2ccccc2)nc2c(c1=O)SC(C)C2. The van der Waals surface area contributed by atoms with Crippen LogP contribution in [0, 0.1) is 0 Å². The van der Waals surface area contributed by atoms with Crippen molar-refractivity contribution in [3.05, 3.63) is 58.0 Å². The predicted octanol–water partition coefficient (Wildman–Crippen LogP) is 3.73. The quantitative estimate of drug-likeness (QED) is 0.546. The van der Waals surface area contributed by atoms with Crippen molar-refractivity contribution in [3.8, 4) is 0 Å². The van der Waals surface area contributed by atoms with E-state index in [1.54, 1.807) is 35.2 Å². The molecule has 1 aliphatic rings. The van der Waals surface area contributed by atoms with E-state index in [-0.39, 0.29) is 5.56 Å². The molecule has 1 unspecified atom stereocenters. The summed E-state index contributed by atoms with van der Waals surface area (Å²) in [4.78, 5) is 18.4. The molecule has 4 nitrogen and oxygen atoms in total. The Labute approximate surface area is 156 Å². The third-order valence-electron chi connectivity index (χ3n) is 3.90. The molecule has 6 heteroatoms. The highest BCUT2D eigenvalue weighted by atomic mass is 32.2. The van der Waals surface area contributed by atoms with E-state index in [0.717, 1.165) is 27.9 Å². The molecular formula is C19H22N2O2S2. The summed E-state index contributed by atoms with van der Waals surface area (Å²) < 4.78 is 6.92. The minimum absolute atomic E-state index is 0.0749. The van der Waals surface area contributed by atoms with Gasteiger partial charge in [0.1, 0.15) is 0 Å². The van der Waals surface area contributed by atoms with Gasteiger partial charge in [0.05, 0.1) is 23.7 Å². The number of benzene rings is 1. The van der Waals surface area contributed by atoms with Gasteiger partial charge in [-0.2, -0.15) is 0 Å². The molecule has 0 aliphatic carbocycles. The zero-order valence-electron chi connectivity index (χ0n) is 14.5. The molecule has 0 spiro atoms. The molecule has 1 aromatic heterocycles. The van der Waals surface area contributed by atoms with Crippen LogP contribution in [0.4, 0.5) is 0 Å². The van der Waals surface area contributed by atoms with Gasteiger partial charge in [0.2, 0.25) is 0 Å². The van der Waals surface area contributed by atoms with E-state index in [4.69, 9.17) is 9.72 Å². The van der Waals surface area contributed by atoms with Gasteiger partial charge in [0, 0.05) is 24.5 Å². The molecule has 0 amide bonds. The standard InChI is InChI=1S/C19H22N2O2S2/c1-14-13-16-17(25-14)18(22)21(10-11-23-2)19(20-16)24-12-6-9-15-7-4-3-5-8-15/h3-9,14H,10-13H2,1-2H3. The highest BCUT2D eigenvalue weighted by molar-refractivity contribution is 8.00. The maximum atomic E-state index is 12.8. The van der Waals surface area contributed by atoms with Gasteiger partial charge >= 0.3 is 0 Å². The molecule has 2 heterocycles. The van der Waals surface area contributed by atoms with Gasteiger partial charge in [0.25, 0.3) is 5.56 Å². The molecule has 0 radical (unpaired) electrons. The largest absolute Gasteiger partial charge is 0.383 e. The first kappa shape index (κ1) is 18.3. The summed E-state index contributed by atoms with van der Waals surface area (Å²) in [6.07, 6.45) is 5.07. The maximum absolute atomic E-state index is 12.8. The van der Waals surface area contributed by atoms with Crippen molar-refractivity contribution < 1.29 is 4.74 Å². The van der Waals surface area contributed by atoms with Crippen molar-refractivity contribution in [2.24, 2.45) is 0 Å². The van der Waals surface area contributed by atoms with Gasteiger partial charge in [0.15, 0.2) is 5.16 Å². The summed E-state index contributed by atoms with van der Waals surface area (Å²) in [7, 11) is 1.65. The fourth-order valence-electron chi connectivity index (χ4n) is 2.69. The second kappa shape index (κ2) is 8.74. The van der Waals surface area contributed by atoms with Crippen LogP contribution in [0.3, 0.4) is 0 Å². The van der Waals surface area contributed by atoms with Crippen molar-refractivity contribution in [3.63, 3.8) is 0 Å². The summed E-state index contributed by atoms with van der Waals surface area (Å²) >= 11 is 3.24. The lowest BCUT2D eigenvalue weighted by Gasteiger charge is -2.12. The smallest absolute Gasteiger partial charge is 0.268 e. The van der Waals surface area contributed by atoms with E-state index < -0.39 is 0 Å². The summed E-state index contributed by atoms with van der Waals surface area (Å²) in [5.74, 6) is 0.774. The zero-order valence-corrected chi connectivity index (χ0v) is 16.1. The minimum Gasteiger partial charge on any atom is -0.383 e. The Bertz CT molecular complexity index is 803. The highest BCUT2D eigenvalue weighted by Crippen LogP contribution is 2.34. The van der Waals surface area contributed by atoms with E-state index in [1.807, 2.05) is 18.2 Å². The van der Waals surface area contributed by atoms with Gasteiger partial charge in [-0.3, -0.25) is 9.36 Å². The highest BCUT2D eigenvalue weighted by Gasteiger charge is 2.26. The second-order valence-electron chi connectivity index (χ2n) is 5.88. The van der Waals surface area contributed by atoms with Crippen LogP contribution in [0.25, 0.3) is 6.08 Å². The second-order valence-corrected chi connectivity index (χ2v) is 8.31. The van der Waals surface area contributed by atoms with Crippen molar-refractivity contribution in [1.82, 2.24) is 9.55 Å². The van der Waals surface area contributed by atoms with Crippen molar-refractivity contribution >= 4 is 29.6 Å². The molecule has 25 heavy (non-hydrogen) atoms. The van der Waals surface area contributed by atoms with Crippen LogP contribution in [0.15, 0.2) is 51.3 Å². The van der Waals surface area contributed by atoms with Gasteiger partial charge in [-0.15, -0.1) is 11.8 Å². The number of hydrogen-bond donors (Lipinski definition) is 0. The van der Waals surface area contributed by atoms with Crippen molar-refractivity contribution in [1.29, 1.82) is 0 Å². The fourth-order valence-corrected chi connectivity index (χ4v) is 4.66. The topological polar surface area (TPSA) is 44.1 Å². The summed E-state index contributed by atoms with van der Waals surface area (Å²) in [6.45, 7) is 3.18. The predicted molar refractivity (Wildman–Crippen MR) is 106 cm³/mol. The van der Waals surface area contributed by atoms with Crippen LogP contribution in [0.2, 0.25) is 0 Å². The molecule has 1 aliphatic heterocycles. The van der Waals surface area contributed by atoms with E-state index in [1.165, 1.54) is 5.56 Å². The minimum atomic E-state index is 0.0749. The van der Waals surface area contributed by atoms with Crippen molar-refractivity contribution in [2.45, 2.75) is 35.2 Å². The molecule has 0 N–H and O–H groups in total. The van der Waals surface area contributed by atoms with E-state index in [0.29, 0.717) is 18.4 Å². The number of fused-ring (bicyclic) bond motifs is 1. The van der Waals surface area contributed by atoms with Gasteiger partial charge < -0.3 is 4.74 Å². The van der Waals surface area contributed by atoms with Gasteiger partial charge in [-0.05, 0) is 5.56 Å². The number of methoxy groups -OCH3 is 1. The van der Waals surface area contributed by atoms with Crippen LogP contribution in [0.5, 0.6) is 0 Å². The molecule has 1 atom stereocenters. The first-order valence-corrected chi connectivity index (χ1v) is 10.2. The number of rotatable bonds is 7. The summed E-state index contributed by atoms with van der Waals surface area (Å²) in [5.41, 5.74) is 2.20. The number of hydrogen-bond acceptors (Lipinski definition) is 5. The molecule has 2 aromatic rings. The average molecular weight is 375 g/mol. The lowest BCUT2D eigenvalue weighted by atomic mass is 10.2. The first-order chi connectivity index (χ1) is 12.2. The molecule has 0 bridgehead atoms. The molecule has 3 rings (SSSR count). The lowest BCUT2D eigenvalue weighted by Crippen LogP contribution is -2.27. The zero-order chi connectivity index (χ0) is 17.6. The van der Waals surface area contributed by atoms with Crippen LogP contribution < -0.4 is 5.56 Å². The van der Waals surface area contributed by atoms with E-state index in [2.05, 4.69) is 31.2 Å². The third-order valence-corrected chi connectivity index (χ3v) is 6.04. The molecular weight excluding hydrogens is 352 g/mol. The van der Waals surface area contributed by atoms with Gasteiger partial charge in [-0.1, -0.05) is 61.2 Å². The fraction of sp³-hybridized carbons (Fsp3) is 0.368. The third kappa shape index (κ3) is 4.57. The molecule has 0 saturated carbocycles. The average Bonchev–Trinajstić information content (AvgIpc) is 3.00. The lowest BCUT2D eigenvalue weighted by molar-refractivity contribution is 0.182. The monoisotopic (exact) mass is 374 g/mol. The molecule has 132 valence electrons.